The first-order valence-electron chi connectivity index (χ1n) is 6.30. The average Bonchev–Trinajstić information content (AvgIpc) is 2.26. The molecule has 2 nitrogen and oxygen atoms in total. The van der Waals surface area contributed by atoms with Crippen LogP contribution in [0.3, 0.4) is 0 Å². The molecule has 0 aliphatic carbocycles. The van der Waals surface area contributed by atoms with Crippen molar-refractivity contribution < 1.29 is 9.90 Å². The Morgan fingerprint density at radius 3 is 2.39 bits per heavy atom. The third-order valence-electron chi connectivity index (χ3n) is 3.21. The van der Waals surface area contributed by atoms with Crippen molar-refractivity contribution in [1.29, 1.82) is 0 Å². The van der Waals surface area contributed by atoms with Crippen LogP contribution in [-0.4, -0.2) is 14.8 Å². The molecule has 1 aromatic carbocycles. The molecule has 0 bridgehead atoms. The van der Waals surface area contributed by atoms with Gasteiger partial charge in [-0.25, -0.2) is 0 Å². The minimum atomic E-state index is -0.0839. The SMILES string of the molecule is CC(=O)c1cc(C(CC(C)I)C(C)C)ccc1O. The normalized spacial score (nSPS) is 14.6. The van der Waals surface area contributed by atoms with Gasteiger partial charge in [-0.3, -0.25) is 4.79 Å². The van der Waals surface area contributed by atoms with E-state index in [2.05, 4.69) is 43.4 Å². The molecule has 0 radical (unpaired) electrons. The van der Waals surface area contributed by atoms with Gasteiger partial charge in [0.1, 0.15) is 5.75 Å². The van der Waals surface area contributed by atoms with Gasteiger partial charge in [0.25, 0.3) is 0 Å². The summed E-state index contributed by atoms with van der Waals surface area (Å²) in [6.07, 6.45) is 1.08. The maximum Gasteiger partial charge on any atom is 0.163 e. The molecule has 0 amide bonds. The average molecular weight is 360 g/mol. The Balaban J connectivity index is 3.13. The highest BCUT2D eigenvalue weighted by atomic mass is 127. The van der Waals surface area contributed by atoms with Crippen LogP contribution in [-0.2, 0) is 0 Å². The second kappa shape index (κ2) is 6.55. The number of halogens is 1. The Bertz CT molecular complexity index is 425. The van der Waals surface area contributed by atoms with Crippen molar-refractivity contribution in [2.24, 2.45) is 5.92 Å². The number of phenols is 1. The molecule has 0 saturated heterocycles. The lowest BCUT2D eigenvalue weighted by Crippen LogP contribution is -2.11. The molecule has 100 valence electrons. The van der Waals surface area contributed by atoms with E-state index in [1.165, 1.54) is 6.92 Å². The van der Waals surface area contributed by atoms with E-state index in [9.17, 15) is 9.90 Å². The van der Waals surface area contributed by atoms with Crippen molar-refractivity contribution in [3.05, 3.63) is 29.3 Å². The van der Waals surface area contributed by atoms with Gasteiger partial charge in [-0.1, -0.05) is 49.4 Å². The Hall–Kier alpha value is -0.580. The minimum Gasteiger partial charge on any atom is -0.507 e. The number of benzene rings is 1. The Morgan fingerprint density at radius 1 is 1.33 bits per heavy atom. The topological polar surface area (TPSA) is 37.3 Å². The summed E-state index contributed by atoms with van der Waals surface area (Å²) in [5, 5.41) is 9.69. The fourth-order valence-corrected chi connectivity index (χ4v) is 2.76. The molecule has 0 heterocycles. The molecule has 0 spiro atoms. The predicted octanol–water partition coefficient (Wildman–Crippen LogP) is 4.55. The predicted molar refractivity (Wildman–Crippen MR) is 83.8 cm³/mol. The van der Waals surface area contributed by atoms with E-state index in [1.54, 1.807) is 6.07 Å². The largest absolute Gasteiger partial charge is 0.507 e. The molecule has 18 heavy (non-hydrogen) atoms. The highest BCUT2D eigenvalue weighted by Gasteiger charge is 2.19. The van der Waals surface area contributed by atoms with Crippen molar-refractivity contribution in [3.8, 4) is 5.75 Å². The van der Waals surface area contributed by atoms with Crippen LogP contribution in [0.5, 0.6) is 5.75 Å². The molecule has 0 saturated carbocycles. The molecular weight excluding hydrogens is 339 g/mol. The molecule has 2 unspecified atom stereocenters. The quantitative estimate of drug-likeness (QED) is 0.475. The molecule has 1 rings (SSSR count). The lowest BCUT2D eigenvalue weighted by molar-refractivity contribution is 0.101. The molecule has 0 aromatic heterocycles. The van der Waals surface area contributed by atoms with E-state index in [0.29, 0.717) is 21.3 Å². The van der Waals surface area contributed by atoms with E-state index in [1.807, 2.05) is 12.1 Å². The fourth-order valence-electron chi connectivity index (χ4n) is 2.21. The van der Waals surface area contributed by atoms with E-state index in [-0.39, 0.29) is 11.5 Å². The summed E-state index contributed by atoms with van der Waals surface area (Å²) < 4.78 is 0.588. The molecule has 2 atom stereocenters. The maximum absolute atomic E-state index is 11.5. The van der Waals surface area contributed by atoms with E-state index < -0.39 is 0 Å². The number of alkyl halides is 1. The monoisotopic (exact) mass is 360 g/mol. The lowest BCUT2D eigenvalue weighted by atomic mass is 9.84. The minimum absolute atomic E-state index is 0.0799. The molecule has 0 fully saturated rings. The number of Topliss-reactive ketones (excluding diaryl/α,β-unsaturated/α-hetero) is 1. The zero-order valence-corrected chi connectivity index (χ0v) is 13.6. The van der Waals surface area contributed by atoms with Crippen LogP contribution in [0.2, 0.25) is 0 Å². The van der Waals surface area contributed by atoms with Gasteiger partial charge in [0.2, 0.25) is 0 Å². The van der Waals surface area contributed by atoms with E-state index >= 15 is 0 Å². The van der Waals surface area contributed by atoms with E-state index in [0.717, 1.165) is 12.0 Å². The zero-order chi connectivity index (χ0) is 13.9. The van der Waals surface area contributed by atoms with Gasteiger partial charge < -0.3 is 5.11 Å². The summed E-state index contributed by atoms with van der Waals surface area (Å²) in [4.78, 5) is 11.5. The van der Waals surface area contributed by atoms with Crippen molar-refractivity contribution in [2.75, 3.05) is 0 Å². The number of aromatic hydroxyl groups is 1. The molecule has 1 aromatic rings. The molecule has 3 heteroatoms. The van der Waals surface area contributed by atoms with E-state index in [4.69, 9.17) is 0 Å². The van der Waals surface area contributed by atoms with Crippen LogP contribution >= 0.6 is 22.6 Å². The van der Waals surface area contributed by atoms with Crippen LogP contribution in [0.4, 0.5) is 0 Å². The van der Waals surface area contributed by atoms with Crippen LogP contribution in [0, 0.1) is 5.92 Å². The van der Waals surface area contributed by atoms with Crippen LogP contribution in [0.1, 0.15) is 56.0 Å². The van der Waals surface area contributed by atoms with Gasteiger partial charge in [-0.05, 0) is 42.9 Å². The van der Waals surface area contributed by atoms with Crippen molar-refractivity contribution in [1.82, 2.24) is 0 Å². The summed E-state index contributed by atoms with van der Waals surface area (Å²) >= 11 is 2.43. The fraction of sp³-hybridized carbons (Fsp3) is 0.533. The number of carbonyl (C=O) groups excluding carboxylic acids is 1. The van der Waals surface area contributed by atoms with Gasteiger partial charge in [-0.2, -0.15) is 0 Å². The second-order valence-electron chi connectivity index (χ2n) is 5.20. The Morgan fingerprint density at radius 2 is 1.94 bits per heavy atom. The number of hydrogen-bond acceptors (Lipinski definition) is 2. The Labute approximate surface area is 123 Å². The number of hydrogen-bond donors (Lipinski definition) is 1. The summed E-state index contributed by atoms with van der Waals surface area (Å²) in [6, 6.07) is 5.42. The Kier molecular flexibility index (Phi) is 5.63. The maximum atomic E-state index is 11.5. The standard InChI is InChI=1S/C15H21IO2/c1-9(2)13(7-10(3)16)12-5-6-15(18)14(8-12)11(4)17/h5-6,8-10,13,18H,7H2,1-4H3. The first-order valence-corrected chi connectivity index (χ1v) is 7.55. The summed E-state index contributed by atoms with van der Waals surface area (Å²) in [5.41, 5.74) is 1.58. The second-order valence-corrected chi connectivity index (χ2v) is 7.33. The van der Waals surface area contributed by atoms with Crippen molar-refractivity contribution in [3.63, 3.8) is 0 Å². The van der Waals surface area contributed by atoms with Gasteiger partial charge in [0.15, 0.2) is 5.78 Å². The summed E-state index contributed by atoms with van der Waals surface area (Å²) in [6.45, 7) is 8.08. The van der Waals surface area contributed by atoms with Crippen LogP contribution in [0.15, 0.2) is 18.2 Å². The number of carbonyl (C=O) groups is 1. The summed E-state index contributed by atoms with van der Waals surface area (Å²) in [5.74, 6) is 0.942. The molecular formula is C15H21IO2. The highest BCUT2D eigenvalue weighted by molar-refractivity contribution is 14.1. The van der Waals surface area contributed by atoms with Gasteiger partial charge in [0, 0.05) is 3.92 Å². The summed E-state index contributed by atoms with van der Waals surface area (Å²) in [7, 11) is 0. The first-order chi connectivity index (χ1) is 8.32. The lowest BCUT2D eigenvalue weighted by Gasteiger charge is -2.23. The number of ketones is 1. The van der Waals surface area contributed by atoms with Crippen LogP contribution in [0.25, 0.3) is 0 Å². The zero-order valence-electron chi connectivity index (χ0n) is 11.4. The van der Waals surface area contributed by atoms with Gasteiger partial charge >= 0.3 is 0 Å². The van der Waals surface area contributed by atoms with Crippen molar-refractivity contribution in [2.45, 2.75) is 44.0 Å². The first kappa shape index (κ1) is 15.5. The molecule has 0 aliphatic rings. The third kappa shape index (κ3) is 3.97. The smallest absolute Gasteiger partial charge is 0.163 e. The molecule has 0 aliphatic heterocycles. The van der Waals surface area contributed by atoms with Gasteiger partial charge in [-0.15, -0.1) is 0 Å². The number of phenolic OH excluding ortho intramolecular Hbond substituents is 1. The molecule has 1 N–H and O–H groups in total. The third-order valence-corrected chi connectivity index (χ3v) is 3.72. The van der Waals surface area contributed by atoms with Gasteiger partial charge in [0.05, 0.1) is 5.56 Å². The van der Waals surface area contributed by atoms with Crippen LogP contribution < -0.4 is 0 Å². The van der Waals surface area contributed by atoms with Crippen molar-refractivity contribution >= 4 is 28.4 Å². The highest BCUT2D eigenvalue weighted by Crippen LogP contribution is 2.33. The number of rotatable bonds is 5.